The second kappa shape index (κ2) is 5.92. The molecule has 0 fully saturated rings. The van der Waals surface area contributed by atoms with Crippen molar-refractivity contribution in [2.45, 2.75) is 58.0 Å². The van der Waals surface area contributed by atoms with Crippen LogP contribution in [0.5, 0.6) is 5.75 Å². The molecule has 1 rings (SSSR count). The van der Waals surface area contributed by atoms with Gasteiger partial charge >= 0.3 is 0 Å². The van der Waals surface area contributed by atoms with E-state index in [-0.39, 0.29) is 16.9 Å². The highest BCUT2D eigenvalue weighted by atomic mass is 32.2. The number of aryl methyl sites for hydroxylation is 1. The average Bonchev–Trinajstić information content (AvgIpc) is 2.29. The molecule has 0 radical (unpaired) electrons. The number of rotatable bonds is 5. The predicted octanol–water partition coefficient (Wildman–Crippen LogP) is 2.94. The quantitative estimate of drug-likeness (QED) is 0.904. The number of hydrogen-bond donors (Lipinski definition) is 1. The number of sulfonamides is 1. The van der Waals surface area contributed by atoms with E-state index in [9.17, 15) is 8.42 Å². The number of benzene rings is 1. The Balaban J connectivity index is 3.37. The Kier molecular flexibility index (Phi) is 4.98. The first-order valence-electron chi connectivity index (χ1n) is 6.50. The van der Waals surface area contributed by atoms with Crippen LogP contribution in [0.2, 0.25) is 0 Å². The maximum atomic E-state index is 11.6. The van der Waals surface area contributed by atoms with Gasteiger partial charge in [0.05, 0.1) is 11.0 Å². The first kappa shape index (κ1) is 16.0. The molecule has 108 valence electrons. The Labute approximate surface area is 116 Å². The van der Waals surface area contributed by atoms with Crippen LogP contribution in [0.4, 0.5) is 0 Å². The summed E-state index contributed by atoms with van der Waals surface area (Å²) in [4.78, 5) is 0.191. The topological polar surface area (TPSA) is 69.4 Å². The van der Waals surface area contributed by atoms with Gasteiger partial charge in [-0.15, -0.1) is 0 Å². The molecule has 1 atom stereocenters. The molecular weight excluding hydrogens is 262 g/mol. The summed E-state index contributed by atoms with van der Waals surface area (Å²) in [6.07, 6.45) is 0.993. The lowest BCUT2D eigenvalue weighted by Gasteiger charge is -2.19. The van der Waals surface area contributed by atoms with Crippen LogP contribution in [0.1, 0.15) is 51.2 Å². The molecule has 1 aromatic carbocycles. The molecule has 0 heterocycles. The maximum absolute atomic E-state index is 11.6. The fraction of sp³-hybridized carbons (Fsp3) is 0.571. The van der Waals surface area contributed by atoms with Crippen molar-refractivity contribution in [3.63, 3.8) is 0 Å². The van der Waals surface area contributed by atoms with Crippen LogP contribution in [-0.2, 0) is 10.0 Å². The van der Waals surface area contributed by atoms with Crippen molar-refractivity contribution in [3.8, 4) is 5.75 Å². The van der Waals surface area contributed by atoms with Crippen molar-refractivity contribution in [3.05, 3.63) is 23.3 Å². The van der Waals surface area contributed by atoms with Crippen molar-refractivity contribution in [1.82, 2.24) is 0 Å². The maximum Gasteiger partial charge on any atom is 0.238 e. The molecule has 0 bridgehead atoms. The number of primary sulfonamides is 1. The van der Waals surface area contributed by atoms with Crippen LogP contribution in [0.25, 0.3) is 0 Å². The zero-order chi connectivity index (χ0) is 14.8. The largest absolute Gasteiger partial charge is 0.490 e. The molecule has 0 amide bonds. The zero-order valence-corrected chi connectivity index (χ0v) is 13.0. The summed E-state index contributed by atoms with van der Waals surface area (Å²) in [5.74, 6) is 0.790. The van der Waals surface area contributed by atoms with Crippen LogP contribution < -0.4 is 9.88 Å². The van der Waals surface area contributed by atoms with Gasteiger partial charge in [0.15, 0.2) is 0 Å². The van der Waals surface area contributed by atoms with Crippen LogP contribution in [0.15, 0.2) is 17.0 Å². The van der Waals surface area contributed by atoms with Crippen molar-refractivity contribution < 1.29 is 13.2 Å². The van der Waals surface area contributed by atoms with Crippen LogP contribution in [-0.4, -0.2) is 14.5 Å². The lowest BCUT2D eigenvalue weighted by molar-refractivity contribution is 0.215. The van der Waals surface area contributed by atoms with E-state index in [0.29, 0.717) is 5.56 Å². The Hall–Kier alpha value is -1.07. The summed E-state index contributed by atoms with van der Waals surface area (Å²) in [6, 6.07) is 3.40. The average molecular weight is 285 g/mol. The van der Waals surface area contributed by atoms with E-state index in [1.807, 2.05) is 34.6 Å². The van der Waals surface area contributed by atoms with Gasteiger partial charge in [0.1, 0.15) is 5.75 Å². The third-order valence-electron chi connectivity index (χ3n) is 3.14. The number of nitrogens with two attached hydrogens (primary N) is 1. The van der Waals surface area contributed by atoms with Gasteiger partial charge in [-0.2, -0.15) is 0 Å². The number of ether oxygens (including phenoxy) is 1. The summed E-state index contributed by atoms with van der Waals surface area (Å²) in [6.45, 7) is 9.74. The molecule has 0 aliphatic heterocycles. The molecule has 2 N–H and O–H groups in total. The number of hydrogen-bond acceptors (Lipinski definition) is 3. The molecule has 19 heavy (non-hydrogen) atoms. The first-order chi connectivity index (χ1) is 8.66. The van der Waals surface area contributed by atoms with E-state index in [2.05, 4.69) is 0 Å². The molecule has 0 aliphatic rings. The first-order valence-corrected chi connectivity index (χ1v) is 8.05. The molecule has 0 aromatic heterocycles. The van der Waals surface area contributed by atoms with Gasteiger partial charge in [0, 0.05) is 0 Å². The molecule has 4 nitrogen and oxygen atoms in total. The fourth-order valence-electron chi connectivity index (χ4n) is 1.80. The molecular formula is C14H23NO3S. The van der Waals surface area contributed by atoms with Crippen molar-refractivity contribution in [2.24, 2.45) is 5.14 Å². The SMILES string of the molecule is CCC(C)Oc1cc(C(C)C)c(S(N)(=O)=O)cc1C. The minimum Gasteiger partial charge on any atom is -0.490 e. The van der Waals surface area contributed by atoms with E-state index < -0.39 is 10.0 Å². The van der Waals surface area contributed by atoms with Gasteiger partial charge in [-0.3, -0.25) is 0 Å². The minimum absolute atomic E-state index is 0.0632. The zero-order valence-electron chi connectivity index (χ0n) is 12.2. The third-order valence-corrected chi connectivity index (χ3v) is 4.11. The van der Waals surface area contributed by atoms with Gasteiger partial charge in [-0.05, 0) is 49.4 Å². The van der Waals surface area contributed by atoms with Crippen LogP contribution in [0.3, 0.4) is 0 Å². The van der Waals surface area contributed by atoms with E-state index >= 15 is 0 Å². The summed E-state index contributed by atoms with van der Waals surface area (Å²) in [5, 5.41) is 5.27. The smallest absolute Gasteiger partial charge is 0.238 e. The minimum atomic E-state index is -3.71. The predicted molar refractivity (Wildman–Crippen MR) is 77.0 cm³/mol. The summed E-state index contributed by atoms with van der Waals surface area (Å²) < 4.78 is 29.1. The van der Waals surface area contributed by atoms with Crippen molar-refractivity contribution >= 4 is 10.0 Å². The normalized spacial score (nSPS) is 13.6. The molecule has 0 spiro atoms. The second-order valence-corrected chi connectivity index (χ2v) is 6.72. The van der Waals surface area contributed by atoms with Gasteiger partial charge in [0.2, 0.25) is 10.0 Å². The van der Waals surface area contributed by atoms with E-state index in [0.717, 1.165) is 17.7 Å². The lowest BCUT2D eigenvalue weighted by atomic mass is 10.0. The lowest BCUT2D eigenvalue weighted by Crippen LogP contribution is -2.17. The van der Waals surface area contributed by atoms with Crippen molar-refractivity contribution in [1.29, 1.82) is 0 Å². The molecule has 0 saturated heterocycles. The molecule has 1 unspecified atom stereocenters. The molecule has 1 aromatic rings. The van der Waals surface area contributed by atoms with Gasteiger partial charge in [0.25, 0.3) is 0 Å². The summed E-state index contributed by atoms with van der Waals surface area (Å²) in [5.41, 5.74) is 1.49. The highest BCUT2D eigenvalue weighted by Gasteiger charge is 2.19. The van der Waals surface area contributed by atoms with Gasteiger partial charge < -0.3 is 4.74 Å². The monoisotopic (exact) mass is 285 g/mol. The third kappa shape index (κ3) is 3.94. The Morgan fingerprint density at radius 1 is 1.26 bits per heavy atom. The van der Waals surface area contributed by atoms with Gasteiger partial charge in [-0.25, -0.2) is 13.6 Å². The van der Waals surface area contributed by atoms with Gasteiger partial charge in [-0.1, -0.05) is 20.8 Å². The Morgan fingerprint density at radius 2 is 1.84 bits per heavy atom. The fourth-order valence-corrected chi connectivity index (χ4v) is 2.77. The molecule has 0 aliphatic carbocycles. The second-order valence-electron chi connectivity index (χ2n) is 5.19. The summed E-state index contributed by atoms with van der Waals surface area (Å²) >= 11 is 0. The Morgan fingerprint density at radius 3 is 2.26 bits per heavy atom. The van der Waals surface area contributed by atoms with E-state index in [4.69, 9.17) is 9.88 Å². The molecule has 0 saturated carbocycles. The van der Waals surface area contributed by atoms with Crippen LogP contribution in [0, 0.1) is 6.92 Å². The summed E-state index contributed by atoms with van der Waals surface area (Å²) in [7, 11) is -3.71. The van der Waals surface area contributed by atoms with Crippen LogP contribution >= 0.6 is 0 Å². The standard InChI is InChI=1S/C14H23NO3S/c1-6-11(5)18-13-8-12(9(2)3)14(7-10(13)4)19(15,16)17/h7-9,11H,6H2,1-5H3,(H2,15,16,17). The van der Waals surface area contributed by atoms with E-state index in [1.165, 1.54) is 0 Å². The highest BCUT2D eigenvalue weighted by Crippen LogP contribution is 2.31. The van der Waals surface area contributed by atoms with E-state index in [1.54, 1.807) is 12.1 Å². The van der Waals surface area contributed by atoms with Crippen molar-refractivity contribution in [2.75, 3.05) is 0 Å². The highest BCUT2D eigenvalue weighted by molar-refractivity contribution is 7.89. The Bertz CT molecular complexity index is 550. The molecule has 5 heteroatoms.